The van der Waals surface area contributed by atoms with Crippen LogP contribution in [0.15, 0.2) is 65.5 Å². The molecule has 0 aliphatic carbocycles. The molecule has 0 aliphatic rings. The summed E-state index contributed by atoms with van der Waals surface area (Å²) in [5, 5.41) is 16.5. The second-order valence-electron chi connectivity index (χ2n) is 16.0. The van der Waals surface area contributed by atoms with E-state index in [9.17, 15) is 30.4 Å². The van der Waals surface area contributed by atoms with Crippen molar-refractivity contribution in [3.63, 3.8) is 0 Å². The molecule has 1 atom stereocenters. The van der Waals surface area contributed by atoms with Crippen LogP contribution in [0.5, 0.6) is 5.75 Å². The van der Waals surface area contributed by atoms with Gasteiger partial charge in [-0.25, -0.2) is 34.7 Å². The summed E-state index contributed by atoms with van der Waals surface area (Å²) >= 11 is 6.87. The van der Waals surface area contributed by atoms with Gasteiger partial charge in [0.15, 0.2) is 27.0 Å². The molecule has 1 amide bonds. The van der Waals surface area contributed by atoms with E-state index >= 15 is 4.79 Å². The van der Waals surface area contributed by atoms with Crippen molar-refractivity contribution >= 4 is 59.8 Å². The van der Waals surface area contributed by atoms with Gasteiger partial charge >= 0.3 is 6.09 Å². The van der Waals surface area contributed by atoms with Crippen LogP contribution in [0, 0.1) is 23.5 Å². The number of fused-ring (bicyclic) bond motifs is 2. The summed E-state index contributed by atoms with van der Waals surface area (Å²) in [6.45, 7) is 7.52. The summed E-state index contributed by atoms with van der Waals surface area (Å²) in [5.74, 6) is 3.81. The maximum atomic E-state index is 15.0. The number of halogens is 3. The molecule has 0 bridgehead atoms. The average Bonchev–Trinajstić information content (AvgIpc) is 3.73. The van der Waals surface area contributed by atoms with Crippen LogP contribution in [0.2, 0.25) is 5.02 Å². The number of sulfonamides is 1. The van der Waals surface area contributed by atoms with Gasteiger partial charge in [-0.2, -0.15) is 5.10 Å². The van der Waals surface area contributed by atoms with Crippen molar-refractivity contribution < 1.29 is 39.9 Å². The van der Waals surface area contributed by atoms with Gasteiger partial charge < -0.3 is 14.8 Å². The monoisotopic (exact) mass is 912 g/mol. The zero-order valence-corrected chi connectivity index (χ0v) is 37.5. The molecule has 0 saturated carbocycles. The van der Waals surface area contributed by atoms with Gasteiger partial charge in [0.1, 0.15) is 33.4 Å². The van der Waals surface area contributed by atoms with Gasteiger partial charge in [0.25, 0.3) is 5.56 Å². The minimum Gasteiger partial charge on any atom is -0.497 e. The molecule has 0 fully saturated rings. The highest BCUT2D eigenvalue weighted by Gasteiger charge is 2.32. The minimum atomic E-state index is -4.05. The number of aryl methyl sites for hydroxylation is 1. The van der Waals surface area contributed by atoms with Crippen molar-refractivity contribution in [2.45, 2.75) is 64.0 Å². The summed E-state index contributed by atoms with van der Waals surface area (Å²) in [5.41, 5.74) is -1.16. The van der Waals surface area contributed by atoms with Gasteiger partial charge in [-0.15, -0.1) is 14.8 Å². The van der Waals surface area contributed by atoms with E-state index in [0.29, 0.717) is 17.4 Å². The van der Waals surface area contributed by atoms with Crippen LogP contribution in [0.4, 0.5) is 19.4 Å². The number of methoxy groups -OCH3 is 1. The second kappa shape index (κ2) is 16.7. The van der Waals surface area contributed by atoms with Gasteiger partial charge in [0.05, 0.1) is 47.6 Å². The SMILES string of the molecule is COc1ccc(CN(c2nn(C)c3c(-n4c([C@H](Cc5cc(F)cc(F)c5)NC(=O)OC(C)(C)C)nn5nc(C#CC(C)(C)S(C)(=O)=O)cc5c4=O)ccc(Cl)c23)S(C)(=O)=O)cc1. The molecule has 16 nitrogen and oxygen atoms in total. The summed E-state index contributed by atoms with van der Waals surface area (Å²) in [7, 11) is -4.70. The molecule has 62 heavy (non-hydrogen) atoms. The number of benzene rings is 3. The van der Waals surface area contributed by atoms with Crippen LogP contribution in [-0.4, -0.2) is 82.1 Å². The van der Waals surface area contributed by atoms with Gasteiger partial charge in [-0.1, -0.05) is 29.7 Å². The molecule has 0 unspecified atom stereocenters. The quantitative estimate of drug-likeness (QED) is 0.158. The molecule has 0 aliphatic heterocycles. The number of hydrogen-bond donors (Lipinski definition) is 1. The highest BCUT2D eigenvalue weighted by Crippen LogP contribution is 2.38. The van der Waals surface area contributed by atoms with E-state index in [-0.39, 0.29) is 63.0 Å². The van der Waals surface area contributed by atoms with Crippen LogP contribution in [-0.2, 0) is 44.6 Å². The molecule has 21 heteroatoms. The number of hydrogen-bond acceptors (Lipinski definition) is 11. The first-order valence-corrected chi connectivity index (χ1v) is 22.8. The van der Waals surface area contributed by atoms with E-state index in [1.165, 1.54) is 50.9 Å². The fourth-order valence-electron chi connectivity index (χ4n) is 6.34. The molecule has 1 N–H and O–H groups in total. The Bertz CT molecular complexity index is 3080. The summed E-state index contributed by atoms with van der Waals surface area (Å²) in [6.07, 6.45) is 0.723. The number of anilines is 1. The van der Waals surface area contributed by atoms with Crippen LogP contribution in [0.1, 0.15) is 63.3 Å². The Hall–Kier alpha value is -6.04. The van der Waals surface area contributed by atoms with Crippen LogP contribution >= 0.6 is 11.6 Å². The Morgan fingerprint density at radius 2 is 1.58 bits per heavy atom. The van der Waals surface area contributed by atoms with Gasteiger partial charge in [-0.3, -0.25) is 14.0 Å². The first-order valence-electron chi connectivity index (χ1n) is 18.7. The minimum absolute atomic E-state index is 0.0368. The number of sulfone groups is 1. The smallest absolute Gasteiger partial charge is 0.408 e. The number of nitrogens with zero attached hydrogens (tertiary/aromatic N) is 7. The Morgan fingerprint density at radius 1 is 0.935 bits per heavy atom. The van der Waals surface area contributed by atoms with Crippen LogP contribution < -0.4 is 19.9 Å². The van der Waals surface area contributed by atoms with Crippen molar-refractivity contribution in [2.24, 2.45) is 7.05 Å². The third kappa shape index (κ3) is 9.69. The van der Waals surface area contributed by atoms with Crippen molar-refractivity contribution in [2.75, 3.05) is 23.9 Å². The Labute approximate surface area is 361 Å². The lowest BCUT2D eigenvalue weighted by Crippen LogP contribution is -2.39. The zero-order valence-electron chi connectivity index (χ0n) is 35.1. The molecule has 3 heterocycles. The molecule has 0 spiro atoms. The number of carbonyl (C=O) groups excluding carboxylic acids is 1. The number of aromatic nitrogens is 6. The number of rotatable bonds is 11. The second-order valence-corrected chi connectivity index (χ2v) is 20.9. The number of amides is 1. The molecule has 0 radical (unpaired) electrons. The number of carbonyl (C=O) groups is 1. The Balaban J connectivity index is 1.66. The lowest BCUT2D eigenvalue weighted by atomic mass is 10.0. The highest BCUT2D eigenvalue weighted by atomic mass is 35.5. The van der Waals surface area contributed by atoms with Crippen molar-refractivity contribution in [1.29, 1.82) is 0 Å². The molecule has 6 aromatic rings. The van der Waals surface area contributed by atoms with E-state index in [0.717, 1.165) is 38.1 Å². The first kappa shape index (κ1) is 45.5. The van der Waals surface area contributed by atoms with Gasteiger partial charge in [-0.05, 0) is 88.1 Å². The lowest BCUT2D eigenvalue weighted by molar-refractivity contribution is 0.0499. The average molecular weight is 913 g/mol. The predicted molar refractivity (Wildman–Crippen MR) is 230 cm³/mol. The number of ether oxygens (including phenoxy) is 2. The molecule has 0 saturated heterocycles. The molecule has 3 aromatic heterocycles. The third-order valence-electron chi connectivity index (χ3n) is 9.58. The highest BCUT2D eigenvalue weighted by molar-refractivity contribution is 7.92. The lowest BCUT2D eigenvalue weighted by Gasteiger charge is -2.25. The summed E-state index contributed by atoms with van der Waals surface area (Å²) in [4.78, 5) is 28.5. The molecular formula is C41H43ClF2N8O8S2. The standard InChI is InChI=1S/C41H43ClF2N8O8S2/c1-40(2,3)60-39(54)45-31(20-25-18-26(43)21-27(44)19-25)36-48-52-33(22-28(46-52)16-17-41(4,5)61(8,55)56)38(53)51(36)32-15-14-30(42)34-35(32)49(6)47-37(34)50(62(9,57)58)23-24-10-12-29(59-7)13-11-24/h10-15,18-19,21-22,31H,20,23H2,1-9H3,(H,45,54)/t31-/m0/s1. The van der Waals surface area contributed by atoms with E-state index in [1.54, 1.807) is 45.0 Å². The molecule has 3 aromatic carbocycles. The summed E-state index contributed by atoms with van der Waals surface area (Å²) in [6, 6.07) is 12.3. The first-order chi connectivity index (χ1) is 28.8. The molecular weight excluding hydrogens is 870 g/mol. The normalized spacial score (nSPS) is 12.8. The Kier molecular flexibility index (Phi) is 12.2. The summed E-state index contributed by atoms with van der Waals surface area (Å²) < 4.78 is 94.9. The maximum Gasteiger partial charge on any atom is 0.408 e. The van der Waals surface area contributed by atoms with E-state index in [4.69, 9.17) is 21.1 Å². The van der Waals surface area contributed by atoms with Crippen LogP contribution in [0.3, 0.4) is 0 Å². The topological polar surface area (TPSA) is 189 Å². The number of nitrogens with one attached hydrogen (secondary N) is 1. The van der Waals surface area contributed by atoms with Crippen molar-refractivity contribution in [3.05, 3.63) is 110 Å². The largest absolute Gasteiger partial charge is 0.497 e. The fraction of sp³-hybridized carbons (Fsp3) is 0.341. The van der Waals surface area contributed by atoms with E-state index in [2.05, 4.69) is 32.5 Å². The van der Waals surface area contributed by atoms with E-state index < -0.39 is 59.5 Å². The molecule has 6 rings (SSSR count). The van der Waals surface area contributed by atoms with E-state index in [1.807, 2.05) is 0 Å². The molecule has 328 valence electrons. The fourth-order valence-corrected chi connectivity index (χ4v) is 7.64. The van der Waals surface area contributed by atoms with Gasteiger partial charge in [0.2, 0.25) is 10.0 Å². The number of alkyl carbamates (subject to hydrolysis) is 1. The van der Waals surface area contributed by atoms with Crippen LogP contribution in [0.25, 0.3) is 22.1 Å². The van der Waals surface area contributed by atoms with Gasteiger partial charge in [0, 0.05) is 31.9 Å². The van der Waals surface area contributed by atoms with Crippen molar-refractivity contribution in [1.82, 2.24) is 34.5 Å². The zero-order chi connectivity index (χ0) is 45.7. The maximum absolute atomic E-state index is 15.0. The Morgan fingerprint density at radius 3 is 2.16 bits per heavy atom. The van der Waals surface area contributed by atoms with Crippen molar-refractivity contribution in [3.8, 4) is 23.3 Å². The predicted octanol–water partition coefficient (Wildman–Crippen LogP) is 5.66. The third-order valence-corrected chi connectivity index (χ3v) is 13.0.